The lowest BCUT2D eigenvalue weighted by Crippen LogP contribution is -2.20. The van der Waals surface area contributed by atoms with Crippen LogP contribution in [0.5, 0.6) is 0 Å². The zero-order chi connectivity index (χ0) is 23.7. The van der Waals surface area contributed by atoms with Crippen LogP contribution in [-0.2, 0) is 20.4 Å². The lowest BCUT2D eigenvalue weighted by Gasteiger charge is -2.15. The van der Waals surface area contributed by atoms with E-state index in [9.17, 15) is 9.59 Å². The number of hydrogen-bond donors (Lipinski definition) is 2. The molecule has 0 saturated heterocycles. The van der Waals surface area contributed by atoms with Crippen molar-refractivity contribution in [3.05, 3.63) is 68.8 Å². The van der Waals surface area contributed by atoms with E-state index < -0.39 is 0 Å². The number of amides is 2. The minimum atomic E-state index is -0.289. The molecule has 0 atom stereocenters. The van der Waals surface area contributed by atoms with Crippen molar-refractivity contribution in [2.75, 3.05) is 0 Å². The van der Waals surface area contributed by atoms with E-state index in [2.05, 4.69) is 70.4 Å². The van der Waals surface area contributed by atoms with E-state index in [1.54, 1.807) is 22.7 Å². The highest BCUT2D eigenvalue weighted by molar-refractivity contribution is 7.22. The largest absolute Gasteiger partial charge is 0.459 e. The van der Waals surface area contributed by atoms with Gasteiger partial charge in [-0.2, -0.15) is 0 Å². The third-order valence-corrected chi connectivity index (χ3v) is 8.52. The number of carbonyl (C=O) groups is 2. The topological polar surface area (TPSA) is 71.3 Å². The molecule has 3 aromatic heterocycles. The number of carbonyl (C=O) groups excluding carboxylic acids is 2. The van der Waals surface area contributed by atoms with Gasteiger partial charge in [0.25, 0.3) is 11.8 Å². The molecule has 0 radical (unpaired) electrons. The van der Waals surface area contributed by atoms with Gasteiger partial charge < -0.3 is 15.1 Å². The van der Waals surface area contributed by atoms with Gasteiger partial charge in [0.1, 0.15) is 5.76 Å². The third kappa shape index (κ3) is 3.69. The Kier molecular flexibility index (Phi) is 4.85. The van der Waals surface area contributed by atoms with Gasteiger partial charge in [-0.05, 0) is 41.8 Å². The first kappa shape index (κ1) is 21.9. The molecule has 33 heavy (non-hydrogen) atoms. The molecule has 0 aromatic carbocycles. The highest BCUT2D eigenvalue weighted by atomic mass is 32.1. The molecule has 2 N–H and O–H groups in total. The quantitative estimate of drug-likeness (QED) is 0.482. The molecule has 0 fully saturated rings. The summed E-state index contributed by atoms with van der Waals surface area (Å²) in [7, 11) is 0. The van der Waals surface area contributed by atoms with Gasteiger partial charge in [0.05, 0.1) is 27.4 Å². The van der Waals surface area contributed by atoms with Crippen LogP contribution in [0.1, 0.15) is 62.8 Å². The molecule has 0 spiro atoms. The Balaban J connectivity index is 1.54. The fourth-order valence-electron chi connectivity index (χ4n) is 3.90. The van der Waals surface area contributed by atoms with Gasteiger partial charge in [-0.1, -0.05) is 41.5 Å². The summed E-state index contributed by atoms with van der Waals surface area (Å²) in [5.41, 5.74) is 1.67. The lowest BCUT2D eigenvalue weighted by molar-refractivity contribution is -0.117. The van der Waals surface area contributed by atoms with Crippen LogP contribution in [0, 0.1) is 0 Å². The Hall–Kier alpha value is -2.90. The van der Waals surface area contributed by atoms with E-state index in [1.165, 1.54) is 9.75 Å². The molecule has 3 aromatic rings. The van der Waals surface area contributed by atoms with Crippen molar-refractivity contribution in [2.45, 2.75) is 52.4 Å². The Bertz CT molecular complexity index is 1370. The van der Waals surface area contributed by atoms with Crippen LogP contribution >= 0.6 is 22.7 Å². The number of furan rings is 1. The van der Waals surface area contributed by atoms with Crippen LogP contribution in [0.2, 0.25) is 0 Å². The average molecular weight is 479 g/mol. The van der Waals surface area contributed by atoms with Crippen molar-refractivity contribution >= 4 is 45.9 Å². The first-order valence-corrected chi connectivity index (χ1v) is 12.5. The van der Waals surface area contributed by atoms with Crippen LogP contribution in [0.3, 0.4) is 0 Å². The molecular weight excluding hydrogens is 452 g/mol. The molecule has 0 bridgehead atoms. The molecule has 7 heteroatoms. The summed E-state index contributed by atoms with van der Waals surface area (Å²) in [4.78, 5) is 30.3. The second-order valence-corrected chi connectivity index (χ2v) is 12.6. The van der Waals surface area contributed by atoms with Crippen molar-refractivity contribution in [1.29, 1.82) is 0 Å². The van der Waals surface area contributed by atoms with Crippen LogP contribution < -0.4 is 10.6 Å². The molecule has 5 heterocycles. The predicted molar refractivity (Wildman–Crippen MR) is 134 cm³/mol. The summed E-state index contributed by atoms with van der Waals surface area (Å²) in [5.74, 6) is 0.713. The zero-order valence-electron chi connectivity index (χ0n) is 19.5. The normalized spacial score (nSPS) is 16.5. The summed E-state index contributed by atoms with van der Waals surface area (Å²) in [6.45, 7) is 12.8. The number of fused-ring (bicyclic) bond motifs is 1. The molecule has 0 unspecified atom stereocenters. The van der Waals surface area contributed by atoms with Crippen LogP contribution in [0.15, 0.2) is 52.0 Å². The van der Waals surface area contributed by atoms with Gasteiger partial charge in [0.15, 0.2) is 5.76 Å². The van der Waals surface area contributed by atoms with Crippen LogP contribution in [0.25, 0.3) is 21.1 Å². The summed E-state index contributed by atoms with van der Waals surface area (Å²) < 4.78 is 6.00. The van der Waals surface area contributed by atoms with Crippen LogP contribution in [-0.4, -0.2) is 11.8 Å². The highest BCUT2D eigenvalue weighted by Gasteiger charge is 2.42. The third-order valence-electron chi connectivity index (χ3n) is 5.71. The van der Waals surface area contributed by atoms with Crippen molar-refractivity contribution in [1.82, 2.24) is 10.6 Å². The summed E-state index contributed by atoms with van der Waals surface area (Å²) in [6.07, 6.45) is 0. The van der Waals surface area contributed by atoms with Crippen molar-refractivity contribution < 1.29 is 14.0 Å². The van der Waals surface area contributed by atoms with Crippen LogP contribution in [0.4, 0.5) is 0 Å². The van der Waals surface area contributed by atoms with Crippen molar-refractivity contribution in [2.24, 2.45) is 0 Å². The maximum absolute atomic E-state index is 12.9. The number of nitrogens with one attached hydrogen (secondary N) is 2. The highest BCUT2D eigenvalue weighted by Crippen LogP contribution is 2.43. The maximum atomic E-state index is 12.9. The standard InChI is InChI=1S/C26H26N2O3S2/c1-25(2,3)17-11-7-13(31-17)21-19-20(24(30)27-21)22(28-23(19)29)16-9-8-14(32-16)15-10-12-18(33-15)26(4,5)6/h7-12H,1-6H3,(H,27,30)(H,28,29). The molecule has 0 saturated carbocycles. The van der Waals surface area contributed by atoms with E-state index in [0.717, 1.165) is 15.5 Å². The maximum Gasteiger partial charge on any atom is 0.258 e. The van der Waals surface area contributed by atoms with Gasteiger partial charge in [0, 0.05) is 20.0 Å². The second kappa shape index (κ2) is 7.30. The Morgan fingerprint density at radius 2 is 1.24 bits per heavy atom. The number of hydrogen-bond acceptors (Lipinski definition) is 5. The second-order valence-electron chi connectivity index (χ2n) is 10.4. The first-order valence-electron chi connectivity index (χ1n) is 10.9. The fourth-order valence-corrected chi connectivity index (χ4v) is 6.07. The summed E-state index contributed by atoms with van der Waals surface area (Å²) in [6, 6.07) is 12.0. The van der Waals surface area contributed by atoms with Gasteiger partial charge in [-0.3, -0.25) is 9.59 Å². The molecule has 2 aliphatic heterocycles. The molecule has 0 aliphatic carbocycles. The van der Waals surface area contributed by atoms with Crippen molar-refractivity contribution in [3.63, 3.8) is 0 Å². The molecule has 2 amide bonds. The van der Waals surface area contributed by atoms with E-state index in [0.29, 0.717) is 28.3 Å². The molecule has 5 nitrogen and oxygen atoms in total. The fraction of sp³-hybridized carbons (Fsp3) is 0.308. The monoisotopic (exact) mass is 478 g/mol. The smallest absolute Gasteiger partial charge is 0.258 e. The van der Waals surface area contributed by atoms with E-state index >= 15 is 0 Å². The number of thiophene rings is 2. The first-order chi connectivity index (χ1) is 15.4. The zero-order valence-corrected chi connectivity index (χ0v) is 21.1. The molecule has 2 aliphatic rings. The van der Waals surface area contributed by atoms with E-state index in [1.807, 2.05) is 18.2 Å². The summed E-state index contributed by atoms with van der Waals surface area (Å²) in [5, 5.41) is 5.79. The van der Waals surface area contributed by atoms with E-state index in [4.69, 9.17) is 4.42 Å². The lowest BCUT2D eigenvalue weighted by atomic mass is 9.94. The molecular formula is C26H26N2O3S2. The minimum Gasteiger partial charge on any atom is -0.459 e. The van der Waals surface area contributed by atoms with Gasteiger partial charge in [0.2, 0.25) is 0 Å². The Morgan fingerprint density at radius 1 is 0.667 bits per heavy atom. The van der Waals surface area contributed by atoms with E-state index in [-0.39, 0.29) is 22.6 Å². The van der Waals surface area contributed by atoms with Gasteiger partial charge in [-0.15, -0.1) is 22.7 Å². The Morgan fingerprint density at radius 3 is 1.85 bits per heavy atom. The number of rotatable bonds is 3. The van der Waals surface area contributed by atoms with Gasteiger partial charge in [-0.25, -0.2) is 0 Å². The SMILES string of the molecule is CC(C)(C)c1ccc(C2=C3C(=O)NC(c4ccc(-c5ccc(C(C)(C)C)s5)s4)=C3C(=O)N2)o1. The van der Waals surface area contributed by atoms with Crippen molar-refractivity contribution in [3.8, 4) is 9.75 Å². The average Bonchev–Trinajstić information content (AvgIpc) is 3.51. The van der Waals surface area contributed by atoms with Gasteiger partial charge >= 0.3 is 0 Å². The summed E-state index contributed by atoms with van der Waals surface area (Å²) >= 11 is 3.35. The molecule has 170 valence electrons. The predicted octanol–water partition coefficient (Wildman–Crippen LogP) is 6.05. The molecule has 5 rings (SSSR count). The minimum absolute atomic E-state index is 0.101. The Labute approximate surface area is 201 Å².